The SMILES string of the molecule is CCC/C=C\C/C=C\CCCCCCCC(=O)NC(COC1OC(CO)C(O)C(O)C1O)C(O)/C=C/CC/C=C/CCC. The van der Waals surface area contributed by atoms with E-state index in [1.54, 1.807) is 6.08 Å². The van der Waals surface area contributed by atoms with Crippen LogP contribution in [0.15, 0.2) is 48.6 Å². The Balaban J connectivity index is 2.52. The van der Waals surface area contributed by atoms with E-state index in [4.69, 9.17) is 9.47 Å². The molecule has 1 heterocycles. The second kappa shape index (κ2) is 25.5. The van der Waals surface area contributed by atoms with Crippen LogP contribution in [0.5, 0.6) is 0 Å². The molecule has 0 aromatic rings. The molecule has 1 rings (SSSR count). The van der Waals surface area contributed by atoms with Crippen molar-refractivity contribution in [3.05, 3.63) is 48.6 Å². The number of amides is 1. The van der Waals surface area contributed by atoms with Gasteiger partial charge >= 0.3 is 0 Å². The highest BCUT2D eigenvalue weighted by Crippen LogP contribution is 2.22. The van der Waals surface area contributed by atoms with E-state index in [2.05, 4.69) is 55.6 Å². The van der Waals surface area contributed by atoms with Gasteiger partial charge in [-0.1, -0.05) is 94.6 Å². The lowest BCUT2D eigenvalue weighted by molar-refractivity contribution is -0.302. The molecule has 6 N–H and O–H groups in total. The molecule has 0 spiro atoms. The molecule has 9 nitrogen and oxygen atoms in total. The molecule has 248 valence electrons. The van der Waals surface area contributed by atoms with Gasteiger partial charge in [0.25, 0.3) is 0 Å². The number of aliphatic hydroxyl groups is 5. The number of carbonyl (C=O) groups excluding carboxylic acids is 1. The van der Waals surface area contributed by atoms with E-state index in [-0.39, 0.29) is 12.5 Å². The number of rotatable bonds is 24. The van der Waals surface area contributed by atoms with Gasteiger partial charge in [-0.05, 0) is 51.4 Å². The van der Waals surface area contributed by atoms with Crippen molar-refractivity contribution in [2.24, 2.45) is 0 Å². The first-order chi connectivity index (χ1) is 20.8. The fourth-order valence-electron chi connectivity index (χ4n) is 4.62. The summed E-state index contributed by atoms with van der Waals surface area (Å²) in [6.45, 7) is 3.51. The summed E-state index contributed by atoms with van der Waals surface area (Å²) in [7, 11) is 0. The maximum absolute atomic E-state index is 12.7. The molecule has 0 radical (unpaired) electrons. The van der Waals surface area contributed by atoms with E-state index in [1.165, 1.54) is 6.42 Å². The molecule has 0 aromatic heterocycles. The summed E-state index contributed by atoms with van der Waals surface area (Å²) in [4.78, 5) is 12.7. The largest absolute Gasteiger partial charge is 0.394 e. The normalized spacial score (nSPS) is 24.5. The fraction of sp³-hybridized carbons (Fsp3) is 0.735. The first-order valence-electron chi connectivity index (χ1n) is 16.4. The Hall–Kier alpha value is -1.85. The minimum Gasteiger partial charge on any atom is -0.394 e. The molecule has 1 fully saturated rings. The monoisotopic (exact) mass is 609 g/mol. The molecule has 0 aromatic carbocycles. The molecule has 9 heteroatoms. The Morgan fingerprint density at radius 2 is 1.40 bits per heavy atom. The number of hydrogen-bond acceptors (Lipinski definition) is 8. The molecule has 1 aliphatic heterocycles. The highest BCUT2D eigenvalue weighted by molar-refractivity contribution is 5.76. The number of ether oxygens (including phenoxy) is 2. The van der Waals surface area contributed by atoms with Crippen molar-refractivity contribution < 1.29 is 39.8 Å². The summed E-state index contributed by atoms with van der Waals surface area (Å²) in [5, 5.41) is 53.4. The van der Waals surface area contributed by atoms with Crippen molar-refractivity contribution in [2.75, 3.05) is 13.2 Å². The van der Waals surface area contributed by atoms with Crippen LogP contribution in [0, 0.1) is 0 Å². The molecule has 7 unspecified atom stereocenters. The molecule has 0 bridgehead atoms. The number of carbonyl (C=O) groups is 1. The van der Waals surface area contributed by atoms with Crippen molar-refractivity contribution in [3.63, 3.8) is 0 Å². The Kier molecular flexibility index (Phi) is 23.2. The van der Waals surface area contributed by atoms with Crippen LogP contribution in [0.4, 0.5) is 0 Å². The van der Waals surface area contributed by atoms with E-state index in [0.29, 0.717) is 6.42 Å². The van der Waals surface area contributed by atoms with Crippen LogP contribution in [0.2, 0.25) is 0 Å². The van der Waals surface area contributed by atoms with E-state index in [9.17, 15) is 30.3 Å². The molecule has 1 amide bonds. The first kappa shape index (κ1) is 39.2. The van der Waals surface area contributed by atoms with Crippen LogP contribution in [0.1, 0.15) is 104 Å². The second-order valence-electron chi connectivity index (χ2n) is 11.2. The highest BCUT2D eigenvalue weighted by atomic mass is 16.7. The molecule has 0 saturated carbocycles. The van der Waals surface area contributed by atoms with Gasteiger partial charge in [0.2, 0.25) is 5.91 Å². The van der Waals surface area contributed by atoms with E-state index in [0.717, 1.165) is 77.0 Å². The summed E-state index contributed by atoms with van der Waals surface area (Å²) < 4.78 is 11.0. The van der Waals surface area contributed by atoms with E-state index < -0.39 is 49.5 Å². The van der Waals surface area contributed by atoms with Crippen molar-refractivity contribution in [2.45, 2.75) is 147 Å². The van der Waals surface area contributed by atoms with E-state index in [1.807, 2.05) is 6.08 Å². The van der Waals surface area contributed by atoms with Gasteiger partial charge in [-0.25, -0.2) is 0 Å². The maximum atomic E-state index is 12.7. The van der Waals surface area contributed by atoms with Crippen molar-refractivity contribution in [1.82, 2.24) is 5.32 Å². The number of hydrogen-bond donors (Lipinski definition) is 6. The van der Waals surface area contributed by atoms with Crippen LogP contribution in [0.25, 0.3) is 0 Å². The van der Waals surface area contributed by atoms with Gasteiger partial charge in [-0.2, -0.15) is 0 Å². The number of nitrogens with one attached hydrogen (secondary N) is 1. The third-order valence-electron chi connectivity index (χ3n) is 7.34. The third kappa shape index (κ3) is 17.9. The lowest BCUT2D eigenvalue weighted by atomic mass is 9.99. The predicted molar refractivity (Wildman–Crippen MR) is 170 cm³/mol. The molecular weight excluding hydrogens is 550 g/mol. The third-order valence-corrected chi connectivity index (χ3v) is 7.34. The number of aliphatic hydroxyl groups excluding tert-OH is 5. The minimum absolute atomic E-state index is 0.210. The lowest BCUT2D eigenvalue weighted by Crippen LogP contribution is -2.60. The van der Waals surface area contributed by atoms with Crippen molar-refractivity contribution in [1.29, 1.82) is 0 Å². The second-order valence-corrected chi connectivity index (χ2v) is 11.2. The zero-order chi connectivity index (χ0) is 31.7. The summed E-state index contributed by atoms with van der Waals surface area (Å²) in [5.41, 5.74) is 0. The average Bonchev–Trinajstić information content (AvgIpc) is 3.00. The number of allylic oxidation sites excluding steroid dienone is 7. The molecule has 7 atom stereocenters. The van der Waals surface area contributed by atoms with Crippen LogP contribution in [-0.2, 0) is 14.3 Å². The van der Waals surface area contributed by atoms with Gasteiger partial charge in [0.05, 0.1) is 25.4 Å². The zero-order valence-electron chi connectivity index (χ0n) is 26.4. The topological polar surface area (TPSA) is 149 Å². The molecular formula is C34H59NO8. The Labute approximate surface area is 259 Å². The van der Waals surface area contributed by atoms with Gasteiger partial charge in [-0.15, -0.1) is 0 Å². The van der Waals surface area contributed by atoms with Crippen LogP contribution >= 0.6 is 0 Å². The van der Waals surface area contributed by atoms with Gasteiger partial charge in [0, 0.05) is 6.42 Å². The molecule has 1 saturated heterocycles. The molecule has 0 aliphatic carbocycles. The summed E-state index contributed by atoms with van der Waals surface area (Å²) >= 11 is 0. The quantitative estimate of drug-likeness (QED) is 0.0698. The first-order valence-corrected chi connectivity index (χ1v) is 16.4. The standard InChI is InChI=1S/C34H59NO8/c1-3-5-7-9-11-12-13-14-15-16-18-20-22-24-30(38)35-27(28(37)23-21-19-17-10-8-6-4-2)26-42-34-33(41)32(40)31(39)29(25-36)43-34/h7-10,12-13,21,23,27-29,31-34,36-37,39-41H,3-6,11,14-20,22,24-26H2,1-2H3,(H,35,38)/b9-7-,10-8+,13-12-,23-21+. The van der Waals surface area contributed by atoms with Gasteiger partial charge < -0.3 is 40.3 Å². The average molecular weight is 610 g/mol. The van der Waals surface area contributed by atoms with Gasteiger partial charge in [0.1, 0.15) is 24.4 Å². The molecule has 43 heavy (non-hydrogen) atoms. The number of unbranched alkanes of at least 4 members (excludes halogenated alkanes) is 8. The van der Waals surface area contributed by atoms with Gasteiger partial charge in [0.15, 0.2) is 6.29 Å². The van der Waals surface area contributed by atoms with Crippen LogP contribution in [-0.4, -0.2) is 87.5 Å². The Morgan fingerprint density at radius 1 is 0.791 bits per heavy atom. The van der Waals surface area contributed by atoms with Crippen molar-refractivity contribution in [3.8, 4) is 0 Å². The van der Waals surface area contributed by atoms with Crippen LogP contribution < -0.4 is 5.32 Å². The predicted octanol–water partition coefficient (Wildman–Crippen LogP) is 4.37. The lowest BCUT2D eigenvalue weighted by Gasteiger charge is -2.40. The summed E-state index contributed by atoms with van der Waals surface area (Å²) in [6, 6.07) is -0.824. The fourth-order valence-corrected chi connectivity index (χ4v) is 4.62. The van der Waals surface area contributed by atoms with Crippen molar-refractivity contribution >= 4 is 5.91 Å². The Morgan fingerprint density at radius 3 is 2.09 bits per heavy atom. The van der Waals surface area contributed by atoms with Gasteiger partial charge in [-0.3, -0.25) is 4.79 Å². The Bertz CT molecular complexity index is 812. The molecule has 1 aliphatic rings. The summed E-state index contributed by atoms with van der Waals surface area (Å²) in [6.07, 6.45) is 21.8. The summed E-state index contributed by atoms with van der Waals surface area (Å²) in [5.74, 6) is -0.212. The minimum atomic E-state index is -1.57. The zero-order valence-corrected chi connectivity index (χ0v) is 26.4. The maximum Gasteiger partial charge on any atom is 0.220 e. The highest BCUT2D eigenvalue weighted by Gasteiger charge is 2.44. The van der Waals surface area contributed by atoms with Crippen LogP contribution in [0.3, 0.4) is 0 Å². The van der Waals surface area contributed by atoms with E-state index >= 15 is 0 Å². The smallest absolute Gasteiger partial charge is 0.220 e.